The Kier molecular flexibility index (Phi) is 2.08. The van der Waals surface area contributed by atoms with Gasteiger partial charge in [-0.15, -0.1) is 6.54 Å². The minimum atomic E-state index is 0. The van der Waals surface area contributed by atoms with Crippen LogP contribution in [0.4, 0.5) is 0 Å². The van der Waals surface area contributed by atoms with Gasteiger partial charge in [-0.3, -0.25) is 6.54 Å². The fourth-order valence-electron chi connectivity index (χ4n) is 0.0816. The minimum absolute atomic E-state index is 0. The Morgan fingerprint density at radius 1 is 1.80 bits per heavy atom. The van der Waals surface area contributed by atoms with Crippen LogP contribution in [0.2, 0.25) is 0 Å². The average Bonchev–Trinajstić information content (AvgIpc) is 1.75. The van der Waals surface area contributed by atoms with Crippen LogP contribution < -0.4 is 18.9 Å². The molecule has 1 atom stereocenters. The Morgan fingerprint density at radius 2 is 2.00 bits per heavy atom. The number of likely N-dealkylation sites (N-methyl/N-ethyl adjacent to an activating group) is 1. The molecular weight excluding hydrogens is 57.0 g/mol. The Labute approximate surface area is 44.5 Å². The molecule has 2 heteroatoms. The third-order valence-electron chi connectivity index (χ3n) is 0.548. The molecule has 0 bridgehead atoms. The van der Waals surface area contributed by atoms with E-state index in [0.717, 1.165) is 0 Å². The van der Waals surface area contributed by atoms with Crippen LogP contribution >= 0.6 is 0 Å². The van der Waals surface area contributed by atoms with E-state index in [1.54, 1.807) is 0 Å². The molecule has 1 heterocycles. The maximum absolute atomic E-state index is 2.12. The van der Waals surface area contributed by atoms with Crippen molar-refractivity contribution in [2.45, 2.75) is 0 Å². The van der Waals surface area contributed by atoms with Gasteiger partial charge >= 0.3 is 18.9 Å². The standard InChI is InChI=1S/C3H6N.Li/c1-4-2-3-4;/h2H,3H2,1H3;/q-1;+1. The summed E-state index contributed by atoms with van der Waals surface area (Å²) < 4.78 is 0. The van der Waals surface area contributed by atoms with Gasteiger partial charge in [0.1, 0.15) is 0 Å². The van der Waals surface area contributed by atoms with Crippen LogP contribution in [-0.2, 0) is 0 Å². The summed E-state index contributed by atoms with van der Waals surface area (Å²) in [5.74, 6) is 0. The topological polar surface area (TPSA) is 3.01 Å². The molecule has 0 N–H and O–H groups in total. The predicted octanol–water partition coefficient (Wildman–Crippen LogP) is -2.90. The molecule has 0 aromatic carbocycles. The molecule has 0 radical (unpaired) electrons. The molecule has 0 aromatic rings. The summed E-state index contributed by atoms with van der Waals surface area (Å²) in [7, 11) is 2.06. The summed E-state index contributed by atoms with van der Waals surface area (Å²) in [5, 5.41) is 0. The summed E-state index contributed by atoms with van der Waals surface area (Å²) in [6.45, 7) is 3.32. The maximum Gasteiger partial charge on any atom is 1.00 e. The van der Waals surface area contributed by atoms with Gasteiger partial charge in [-0.1, -0.05) is 0 Å². The van der Waals surface area contributed by atoms with Crippen molar-refractivity contribution >= 4 is 0 Å². The molecule has 1 nitrogen and oxygen atoms in total. The number of rotatable bonds is 0. The van der Waals surface area contributed by atoms with Crippen LogP contribution in [0.25, 0.3) is 0 Å². The fourth-order valence-corrected chi connectivity index (χ4v) is 0.0816. The molecule has 0 saturated carbocycles. The van der Waals surface area contributed by atoms with Gasteiger partial charge in [-0.25, -0.2) is 0 Å². The quantitative estimate of drug-likeness (QED) is 0.165. The third-order valence-corrected chi connectivity index (χ3v) is 0.548. The zero-order valence-corrected chi connectivity index (χ0v) is 3.73. The van der Waals surface area contributed by atoms with E-state index in [1.165, 1.54) is 6.54 Å². The van der Waals surface area contributed by atoms with E-state index < -0.39 is 0 Å². The van der Waals surface area contributed by atoms with Gasteiger partial charge < -0.3 is 4.90 Å². The first-order valence-electron chi connectivity index (χ1n) is 1.43. The van der Waals surface area contributed by atoms with Gasteiger partial charge in [0.05, 0.1) is 0 Å². The molecule has 0 aliphatic carbocycles. The molecule has 24 valence electrons. The monoisotopic (exact) mass is 63.1 g/mol. The molecule has 1 saturated heterocycles. The molecule has 1 fully saturated rings. The summed E-state index contributed by atoms with van der Waals surface area (Å²) in [4.78, 5) is 2.12. The van der Waals surface area contributed by atoms with E-state index in [1.807, 2.05) is 0 Å². The summed E-state index contributed by atoms with van der Waals surface area (Å²) in [6, 6.07) is 0. The van der Waals surface area contributed by atoms with Crippen molar-refractivity contribution in [2.24, 2.45) is 0 Å². The molecule has 1 unspecified atom stereocenters. The number of hydrogen-bond acceptors (Lipinski definition) is 1. The first kappa shape index (κ1) is 5.56. The first-order valence-corrected chi connectivity index (χ1v) is 1.43. The van der Waals surface area contributed by atoms with Gasteiger partial charge in [0.2, 0.25) is 0 Å². The average molecular weight is 63.0 g/mol. The zero-order valence-electron chi connectivity index (χ0n) is 3.73. The van der Waals surface area contributed by atoms with E-state index in [2.05, 4.69) is 18.5 Å². The summed E-state index contributed by atoms with van der Waals surface area (Å²) in [6.07, 6.45) is 0. The molecular formula is C3H6LiN. The Hall–Kier alpha value is 0.557. The van der Waals surface area contributed by atoms with Gasteiger partial charge in [0.15, 0.2) is 0 Å². The normalized spacial score (nSPS) is 31.8. The van der Waals surface area contributed by atoms with Gasteiger partial charge in [-0.05, 0) is 7.05 Å². The van der Waals surface area contributed by atoms with Crippen LogP contribution in [0.1, 0.15) is 0 Å². The third kappa shape index (κ3) is 2.36. The van der Waals surface area contributed by atoms with Crippen LogP contribution in [-0.4, -0.2) is 18.5 Å². The predicted molar refractivity (Wildman–Crippen MR) is 16.9 cm³/mol. The molecule has 1 aliphatic heterocycles. The van der Waals surface area contributed by atoms with Crippen LogP contribution in [0, 0.1) is 6.54 Å². The second-order valence-electron chi connectivity index (χ2n) is 1.12. The van der Waals surface area contributed by atoms with E-state index in [0.29, 0.717) is 0 Å². The van der Waals surface area contributed by atoms with Crippen LogP contribution in [0.3, 0.4) is 0 Å². The van der Waals surface area contributed by atoms with Gasteiger partial charge in [0, 0.05) is 0 Å². The molecule has 0 spiro atoms. The van der Waals surface area contributed by atoms with Crippen molar-refractivity contribution in [1.82, 2.24) is 4.90 Å². The van der Waals surface area contributed by atoms with Crippen molar-refractivity contribution in [3.05, 3.63) is 6.54 Å². The van der Waals surface area contributed by atoms with Crippen molar-refractivity contribution in [3.63, 3.8) is 0 Å². The van der Waals surface area contributed by atoms with E-state index in [9.17, 15) is 0 Å². The molecule has 0 amide bonds. The Bertz CT molecular complexity index is 26.1. The summed E-state index contributed by atoms with van der Waals surface area (Å²) in [5.41, 5.74) is 0. The molecule has 5 heavy (non-hydrogen) atoms. The van der Waals surface area contributed by atoms with E-state index in [-0.39, 0.29) is 18.9 Å². The van der Waals surface area contributed by atoms with Gasteiger partial charge in [-0.2, -0.15) is 0 Å². The summed E-state index contributed by atoms with van der Waals surface area (Å²) >= 11 is 0. The van der Waals surface area contributed by atoms with Crippen molar-refractivity contribution in [2.75, 3.05) is 13.6 Å². The maximum atomic E-state index is 2.12. The second kappa shape index (κ2) is 1.87. The van der Waals surface area contributed by atoms with Crippen molar-refractivity contribution in [1.29, 1.82) is 0 Å². The fraction of sp³-hybridized carbons (Fsp3) is 0.667. The first-order chi connectivity index (χ1) is 1.89. The largest absolute Gasteiger partial charge is 1.00 e. The smallest absolute Gasteiger partial charge is 0.482 e. The SMILES string of the molecule is CN1[CH-]C1.[Li+]. The Balaban J connectivity index is 0.000000160. The number of hydrogen-bond donors (Lipinski definition) is 0. The Morgan fingerprint density at radius 3 is 2.00 bits per heavy atom. The molecule has 1 aliphatic rings. The molecule has 1 rings (SSSR count). The van der Waals surface area contributed by atoms with Crippen LogP contribution in [0.15, 0.2) is 0 Å². The van der Waals surface area contributed by atoms with Crippen molar-refractivity contribution < 1.29 is 18.9 Å². The van der Waals surface area contributed by atoms with E-state index >= 15 is 0 Å². The second-order valence-corrected chi connectivity index (χ2v) is 1.12. The molecule has 0 aromatic heterocycles. The van der Waals surface area contributed by atoms with Crippen molar-refractivity contribution in [3.8, 4) is 0 Å². The van der Waals surface area contributed by atoms with Crippen LogP contribution in [0.5, 0.6) is 0 Å². The van der Waals surface area contributed by atoms with E-state index in [4.69, 9.17) is 0 Å². The van der Waals surface area contributed by atoms with Gasteiger partial charge in [0.25, 0.3) is 0 Å². The minimum Gasteiger partial charge on any atom is -0.482 e. The number of nitrogens with zero attached hydrogens (tertiary/aromatic N) is 1. The zero-order chi connectivity index (χ0) is 2.99.